The Labute approximate surface area is 194 Å². The molecule has 2 heterocycles. The Morgan fingerprint density at radius 2 is 2.06 bits per heavy atom. The number of fused-ring (bicyclic) bond motifs is 1. The molecule has 0 unspecified atom stereocenters. The van der Waals surface area contributed by atoms with Crippen LogP contribution < -0.4 is 10.1 Å². The first-order valence-corrected chi connectivity index (χ1v) is 11.5. The maximum atomic E-state index is 5.56. The molecule has 4 aromatic rings. The minimum atomic E-state index is 0.300. The van der Waals surface area contributed by atoms with Gasteiger partial charge in [0.05, 0.1) is 25.5 Å². The van der Waals surface area contributed by atoms with Crippen molar-refractivity contribution in [3.05, 3.63) is 88.8 Å². The Bertz CT molecular complexity index is 1240. The molecular weight excluding hydrogens is 412 g/mol. The van der Waals surface area contributed by atoms with E-state index >= 15 is 0 Å². The number of hydrogen-bond acceptors (Lipinski definition) is 5. The van der Waals surface area contributed by atoms with Gasteiger partial charge in [0.2, 0.25) is 0 Å². The summed E-state index contributed by atoms with van der Waals surface area (Å²) in [5, 5.41) is 12.8. The number of hydrogen-bond donors (Lipinski definition) is 1. The second kappa shape index (κ2) is 9.19. The van der Waals surface area contributed by atoms with E-state index in [9.17, 15) is 0 Å². The average Bonchev–Trinajstić information content (AvgIpc) is 3.50. The second-order valence-corrected chi connectivity index (χ2v) is 8.74. The fourth-order valence-corrected chi connectivity index (χ4v) is 4.74. The molecule has 0 amide bonds. The molecule has 5 rings (SSSR count). The van der Waals surface area contributed by atoms with Crippen LogP contribution in [0.3, 0.4) is 0 Å². The fraction of sp³-hybridized carbons (Fsp3) is 0.346. The van der Waals surface area contributed by atoms with Crippen LogP contribution >= 0.6 is 0 Å². The molecule has 1 aliphatic rings. The normalized spacial score (nSPS) is 15.4. The van der Waals surface area contributed by atoms with E-state index in [2.05, 4.69) is 70.5 Å². The second-order valence-electron chi connectivity index (χ2n) is 8.74. The number of benzene rings is 2. The van der Waals surface area contributed by atoms with Crippen LogP contribution in [0.5, 0.6) is 5.75 Å². The summed E-state index contributed by atoms with van der Waals surface area (Å²) in [5.74, 6) is 0.865. The lowest BCUT2D eigenvalue weighted by Crippen LogP contribution is -2.25. The fourth-order valence-electron chi connectivity index (χ4n) is 4.74. The maximum absolute atomic E-state index is 5.56. The zero-order valence-electron chi connectivity index (χ0n) is 19.5. The number of methoxy groups -OCH3 is 1. The predicted molar refractivity (Wildman–Crippen MR) is 128 cm³/mol. The van der Waals surface area contributed by atoms with E-state index in [0.717, 1.165) is 37.1 Å². The van der Waals surface area contributed by atoms with Crippen LogP contribution in [0.25, 0.3) is 5.69 Å². The first kappa shape index (κ1) is 21.4. The topological polar surface area (TPSA) is 69.8 Å². The summed E-state index contributed by atoms with van der Waals surface area (Å²) < 4.78 is 9.52. The molecule has 1 aliphatic carbocycles. The van der Waals surface area contributed by atoms with Gasteiger partial charge in [-0.05, 0) is 68.0 Å². The van der Waals surface area contributed by atoms with Gasteiger partial charge in [0.25, 0.3) is 0 Å². The van der Waals surface area contributed by atoms with Gasteiger partial charge >= 0.3 is 0 Å². The highest BCUT2D eigenvalue weighted by molar-refractivity contribution is 5.46. The number of rotatable bonds is 7. The van der Waals surface area contributed by atoms with Crippen LogP contribution in [0.2, 0.25) is 0 Å². The highest BCUT2D eigenvalue weighted by Crippen LogP contribution is 2.32. The van der Waals surface area contributed by atoms with E-state index in [-0.39, 0.29) is 0 Å². The highest BCUT2D eigenvalue weighted by atomic mass is 16.5. The number of ether oxygens (including phenoxy) is 1. The Morgan fingerprint density at radius 3 is 2.88 bits per heavy atom. The van der Waals surface area contributed by atoms with Crippen molar-refractivity contribution in [2.24, 2.45) is 0 Å². The monoisotopic (exact) mass is 442 g/mol. The Kier molecular flexibility index (Phi) is 5.96. The standard InChI is InChI=1S/C26H30N6O/c1-18-6-4-8-24(19(18)2)32-25-9-5-7-23(22(25)14-29-32)28-13-20-10-11-26(33-3)21(12-20)15-31-17-27-16-30-31/h4,6,8,10-12,14,16-17,23,28H,5,7,9,13,15H2,1-3H3/t23-/m1/s1. The molecule has 33 heavy (non-hydrogen) atoms. The quantitative estimate of drug-likeness (QED) is 0.462. The van der Waals surface area contributed by atoms with Crippen molar-refractivity contribution in [2.75, 3.05) is 7.11 Å². The van der Waals surface area contributed by atoms with Gasteiger partial charge < -0.3 is 10.1 Å². The average molecular weight is 443 g/mol. The molecule has 0 fully saturated rings. The van der Waals surface area contributed by atoms with E-state index in [0.29, 0.717) is 12.6 Å². The summed E-state index contributed by atoms with van der Waals surface area (Å²) in [5.41, 5.74) is 8.73. The van der Waals surface area contributed by atoms with Gasteiger partial charge in [0.15, 0.2) is 0 Å². The molecule has 170 valence electrons. The van der Waals surface area contributed by atoms with Gasteiger partial charge in [-0.15, -0.1) is 0 Å². The third kappa shape index (κ3) is 4.28. The molecule has 7 nitrogen and oxygen atoms in total. The summed E-state index contributed by atoms with van der Waals surface area (Å²) in [6.07, 6.45) is 8.66. The van der Waals surface area contributed by atoms with Crippen LogP contribution in [0.4, 0.5) is 0 Å². The van der Waals surface area contributed by atoms with Gasteiger partial charge in [0.1, 0.15) is 18.4 Å². The van der Waals surface area contributed by atoms with Crippen LogP contribution in [0, 0.1) is 13.8 Å². The smallest absolute Gasteiger partial charge is 0.137 e. The van der Waals surface area contributed by atoms with Crippen molar-refractivity contribution >= 4 is 0 Å². The van der Waals surface area contributed by atoms with E-state index in [1.54, 1.807) is 19.8 Å². The maximum Gasteiger partial charge on any atom is 0.137 e. The van der Waals surface area contributed by atoms with Crippen LogP contribution in [0.1, 0.15) is 52.4 Å². The molecule has 0 saturated heterocycles. The zero-order valence-corrected chi connectivity index (χ0v) is 19.5. The third-order valence-corrected chi connectivity index (χ3v) is 6.68. The SMILES string of the molecule is COc1ccc(CN[C@@H]2CCCc3c2cnn3-c2cccc(C)c2C)cc1Cn1cncn1. The Morgan fingerprint density at radius 1 is 1.15 bits per heavy atom. The predicted octanol–water partition coefficient (Wildman–Crippen LogP) is 4.30. The molecule has 1 N–H and O–H groups in total. The van der Waals surface area contributed by atoms with Crippen molar-refractivity contribution in [1.82, 2.24) is 29.9 Å². The lowest BCUT2D eigenvalue weighted by Gasteiger charge is -2.25. The van der Waals surface area contributed by atoms with Crippen LogP contribution in [-0.4, -0.2) is 31.7 Å². The van der Waals surface area contributed by atoms with Crippen LogP contribution in [0.15, 0.2) is 55.2 Å². The molecule has 0 saturated carbocycles. The lowest BCUT2D eigenvalue weighted by atomic mass is 9.92. The minimum Gasteiger partial charge on any atom is -0.496 e. The summed E-state index contributed by atoms with van der Waals surface area (Å²) >= 11 is 0. The molecule has 0 radical (unpaired) electrons. The molecule has 2 aromatic carbocycles. The number of nitrogens with one attached hydrogen (secondary N) is 1. The van der Waals surface area contributed by atoms with Crippen molar-refractivity contribution in [3.8, 4) is 11.4 Å². The molecular formula is C26H30N6O. The lowest BCUT2D eigenvalue weighted by molar-refractivity contribution is 0.406. The molecule has 0 spiro atoms. The molecule has 0 aliphatic heterocycles. The first-order valence-electron chi connectivity index (χ1n) is 11.5. The van der Waals surface area contributed by atoms with Gasteiger partial charge in [-0.3, -0.25) is 0 Å². The molecule has 2 aromatic heterocycles. The van der Waals surface area contributed by atoms with Crippen molar-refractivity contribution < 1.29 is 4.74 Å². The van der Waals surface area contributed by atoms with E-state index < -0.39 is 0 Å². The first-order chi connectivity index (χ1) is 16.1. The van der Waals surface area contributed by atoms with Crippen molar-refractivity contribution in [3.63, 3.8) is 0 Å². The van der Waals surface area contributed by atoms with E-state index in [1.165, 1.54) is 33.6 Å². The Balaban J connectivity index is 1.35. The number of aryl methyl sites for hydroxylation is 1. The van der Waals surface area contributed by atoms with Gasteiger partial charge in [-0.2, -0.15) is 10.2 Å². The van der Waals surface area contributed by atoms with Gasteiger partial charge in [-0.1, -0.05) is 18.2 Å². The summed E-state index contributed by atoms with van der Waals surface area (Å²) in [6, 6.07) is 13.1. The number of nitrogens with zero attached hydrogens (tertiary/aromatic N) is 5. The molecule has 1 atom stereocenters. The highest BCUT2D eigenvalue weighted by Gasteiger charge is 2.25. The van der Waals surface area contributed by atoms with Crippen LogP contribution in [-0.2, 0) is 19.5 Å². The molecule has 0 bridgehead atoms. The van der Waals surface area contributed by atoms with E-state index in [1.807, 2.05) is 10.7 Å². The van der Waals surface area contributed by atoms with Crippen molar-refractivity contribution in [2.45, 2.75) is 52.2 Å². The number of aromatic nitrogens is 5. The van der Waals surface area contributed by atoms with E-state index in [4.69, 9.17) is 9.84 Å². The van der Waals surface area contributed by atoms with Gasteiger partial charge in [0, 0.05) is 29.4 Å². The largest absolute Gasteiger partial charge is 0.496 e. The summed E-state index contributed by atoms with van der Waals surface area (Å²) in [4.78, 5) is 4.04. The van der Waals surface area contributed by atoms with Gasteiger partial charge in [-0.25, -0.2) is 14.3 Å². The van der Waals surface area contributed by atoms with Crippen molar-refractivity contribution in [1.29, 1.82) is 0 Å². The summed E-state index contributed by atoms with van der Waals surface area (Å²) in [7, 11) is 1.70. The zero-order chi connectivity index (χ0) is 22.8. The minimum absolute atomic E-state index is 0.300. The molecule has 7 heteroatoms. The third-order valence-electron chi connectivity index (χ3n) is 6.68. The summed E-state index contributed by atoms with van der Waals surface area (Å²) in [6.45, 7) is 5.75. The Hall–Kier alpha value is -3.45.